The lowest BCUT2D eigenvalue weighted by molar-refractivity contribution is -0.137. The molecular formula is C12H6ClF4N. The van der Waals surface area contributed by atoms with Gasteiger partial charge in [-0.05, 0) is 12.1 Å². The van der Waals surface area contributed by atoms with E-state index in [0.717, 1.165) is 18.3 Å². The zero-order chi connectivity index (χ0) is 13.3. The largest absolute Gasteiger partial charge is 0.417 e. The topological polar surface area (TPSA) is 12.9 Å². The van der Waals surface area contributed by atoms with Crippen LogP contribution in [0.5, 0.6) is 0 Å². The molecule has 0 saturated heterocycles. The van der Waals surface area contributed by atoms with Crippen LogP contribution in [0.25, 0.3) is 11.3 Å². The van der Waals surface area contributed by atoms with Gasteiger partial charge in [0.05, 0.1) is 22.5 Å². The van der Waals surface area contributed by atoms with Crippen molar-refractivity contribution >= 4 is 11.6 Å². The highest BCUT2D eigenvalue weighted by molar-refractivity contribution is 6.33. The van der Waals surface area contributed by atoms with Gasteiger partial charge in [0.25, 0.3) is 0 Å². The summed E-state index contributed by atoms with van der Waals surface area (Å²) < 4.78 is 51.2. The van der Waals surface area contributed by atoms with Crippen LogP contribution < -0.4 is 0 Å². The maximum absolute atomic E-state index is 12.8. The van der Waals surface area contributed by atoms with Crippen LogP contribution in [0.1, 0.15) is 5.56 Å². The van der Waals surface area contributed by atoms with Crippen molar-refractivity contribution in [2.75, 3.05) is 0 Å². The lowest BCUT2D eigenvalue weighted by atomic mass is 10.0. The Morgan fingerprint density at radius 3 is 2.39 bits per heavy atom. The van der Waals surface area contributed by atoms with Gasteiger partial charge in [-0.15, -0.1) is 0 Å². The number of halogens is 5. The van der Waals surface area contributed by atoms with Crippen LogP contribution in [-0.2, 0) is 6.18 Å². The van der Waals surface area contributed by atoms with Crippen LogP contribution in [-0.4, -0.2) is 4.98 Å². The van der Waals surface area contributed by atoms with E-state index in [0.29, 0.717) is 0 Å². The van der Waals surface area contributed by atoms with E-state index >= 15 is 0 Å². The maximum atomic E-state index is 12.8. The lowest BCUT2D eigenvalue weighted by Gasteiger charge is -2.12. The zero-order valence-electron chi connectivity index (χ0n) is 8.80. The van der Waals surface area contributed by atoms with Gasteiger partial charge in [-0.1, -0.05) is 29.8 Å². The van der Waals surface area contributed by atoms with Crippen LogP contribution in [0, 0.1) is 5.82 Å². The molecule has 1 aromatic heterocycles. The van der Waals surface area contributed by atoms with Gasteiger partial charge < -0.3 is 0 Å². The van der Waals surface area contributed by atoms with E-state index < -0.39 is 17.6 Å². The fraction of sp³-hybridized carbons (Fsp3) is 0.0833. The number of benzene rings is 1. The van der Waals surface area contributed by atoms with Crippen molar-refractivity contribution in [1.82, 2.24) is 4.98 Å². The molecule has 0 bridgehead atoms. The van der Waals surface area contributed by atoms with Crippen LogP contribution in [0.15, 0.2) is 36.5 Å². The SMILES string of the molecule is Fc1cnc(-c2ccccc2C(F)(F)F)c(Cl)c1. The molecule has 2 rings (SSSR count). The molecule has 0 unspecified atom stereocenters. The monoisotopic (exact) mass is 275 g/mol. The molecule has 0 amide bonds. The Kier molecular flexibility index (Phi) is 3.26. The summed E-state index contributed by atoms with van der Waals surface area (Å²) in [6.07, 6.45) is -3.69. The molecule has 1 heterocycles. The fourth-order valence-corrected chi connectivity index (χ4v) is 1.80. The fourth-order valence-electron chi connectivity index (χ4n) is 1.55. The number of hydrogen-bond donors (Lipinski definition) is 0. The van der Waals surface area contributed by atoms with Gasteiger partial charge in [0, 0.05) is 5.56 Å². The predicted octanol–water partition coefficient (Wildman–Crippen LogP) is 4.56. The number of nitrogens with zero attached hydrogens (tertiary/aromatic N) is 1. The van der Waals surface area contributed by atoms with Gasteiger partial charge >= 0.3 is 6.18 Å². The smallest absolute Gasteiger partial charge is 0.252 e. The minimum absolute atomic E-state index is 0.0917. The van der Waals surface area contributed by atoms with Gasteiger partial charge in [-0.3, -0.25) is 4.98 Å². The minimum atomic E-state index is -4.52. The summed E-state index contributed by atoms with van der Waals surface area (Å²) in [5.41, 5.74) is -1.12. The lowest BCUT2D eigenvalue weighted by Crippen LogP contribution is -2.07. The van der Waals surface area contributed by atoms with Gasteiger partial charge in [-0.2, -0.15) is 13.2 Å². The van der Waals surface area contributed by atoms with E-state index in [4.69, 9.17) is 11.6 Å². The van der Waals surface area contributed by atoms with Gasteiger partial charge in [-0.25, -0.2) is 4.39 Å². The van der Waals surface area contributed by atoms with Crippen molar-refractivity contribution in [1.29, 1.82) is 0 Å². The second kappa shape index (κ2) is 4.57. The Morgan fingerprint density at radius 2 is 1.78 bits per heavy atom. The average Bonchev–Trinajstić information content (AvgIpc) is 2.28. The van der Waals surface area contributed by atoms with E-state index in [-0.39, 0.29) is 16.3 Å². The first-order valence-electron chi connectivity index (χ1n) is 4.87. The number of hydrogen-bond acceptors (Lipinski definition) is 1. The second-order valence-corrected chi connectivity index (χ2v) is 3.93. The highest BCUT2D eigenvalue weighted by atomic mass is 35.5. The molecule has 94 valence electrons. The third-order valence-corrected chi connectivity index (χ3v) is 2.58. The van der Waals surface area contributed by atoms with Gasteiger partial charge in [0.2, 0.25) is 0 Å². The van der Waals surface area contributed by atoms with E-state index in [9.17, 15) is 17.6 Å². The van der Waals surface area contributed by atoms with Crippen LogP contribution >= 0.6 is 11.6 Å². The molecule has 6 heteroatoms. The Bertz CT molecular complexity index is 581. The van der Waals surface area contributed by atoms with Crippen molar-refractivity contribution in [3.05, 3.63) is 52.9 Å². The first-order valence-corrected chi connectivity index (χ1v) is 5.25. The molecule has 1 aromatic carbocycles. The molecule has 1 nitrogen and oxygen atoms in total. The first kappa shape index (κ1) is 12.8. The highest BCUT2D eigenvalue weighted by Gasteiger charge is 2.34. The van der Waals surface area contributed by atoms with E-state index in [1.54, 1.807) is 0 Å². The van der Waals surface area contributed by atoms with E-state index in [2.05, 4.69) is 4.98 Å². The minimum Gasteiger partial charge on any atom is -0.252 e. The molecular weight excluding hydrogens is 270 g/mol. The van der Waals surface area contributed by atoms with Gasteiger partial charge in [0.15, 0.2) is 0 Å². The second-order valence-electron chi connectivity index (χ2n) is 3.53. The third kappa shape index (κ3) is 2.46. The molecule has 0 atom stereocenters. The average molecular weight is 276 g/mol. The molecule has 0 fully saturated rings. The standard InChI is InChI=1S/C12H6ClF4N/c13-10-5-7(14)6-18-11(10)8-3-1-2-4-9(8)12(15,16)17/h1-6H. The summed E-state index contributed by atoms with van der Waals surface area (Å²) in [5.74, 6) is -0.701. The Morgan fingerprint density at radius 1 is 1.11 bits per heavy atom. The van der Waals surface area contributed by atoms with Crippen molar-refractivity contribution in [2.45, 2.75) is 6.18 Å². The molecule has 18 heavy (non-hydrogen) atoms. The van der Waals surface area contributed by atoms with Crippen LogP contribution in [0.3, 0.4) is 0 Å². The summed E-state index contributed by atoms with van der Waals surface area (Å²) in [6, 6.07) is 5.80. The Hall–Kier alpha value is -1.62. The Balaban J connectivity index is 2.64. The first-order chi connectivity index (χ1) is 8.39. The van der Waals surface area contributed by atoms with Crippen molar-refractivity contribution in [3.8, 4) is 11.3 Å². The summed E-state index contributed by atoms with van der Waals surface area (Å²) in [7, 11) is 0. The molecule has 0 aliphatic rings. The number of alkyl halides is 3. The molecule has 0 spiro atoms. The third-order valence-electron chi connectivity index (χ3n) is 2.30. The van der Waals surface area contributed by atoms with Crippen molar-refractivity contribution < 1.29 is 17.6 Å². The summed E-state index contributed by atoms with van der Waals surface area (Å²) in [5, 5.41) is -0.160. The quantitative estimate of drug-likeness (QED) is 0.695. The zero-order valence-corrected chi connectivity index (χ0v) is 9.56. The summed E-state index contributed by atoms with van der Waals surface area (Å²) in [4.78, 5) is 3.62. The Labute approximate surface area is 105 Å². The molecule has 0 aliphatic heterocycles. The maximum Gasteiger partial charge on any atom is 0.417 e. The molecule has 0 radical (unpaired) electrons. The number of pyridine rings is 1. The van der Waals surface area contributed by atoms with Crippen molar-refractivity contribution in [3.63, 3.8) is 0 Å². The number of rotatable bonds is 1. The van der Waals surface area contributed by atoms with Crippen LogP contribution in [0.2, 0.25) is 5.02 Å². The molecule has 0 N–H and O–H groups in total. The normalized spacial score (nSPS) is 11.6. The molecule has 2 aromatic rings. The predicted molar refractivity (Wildman–Crippen MR) is 59.6 cm³/mol. The summed E-state index contributed by atoms with van der Waals surface area (Å²) >= 11 is 5.72. The number of aromatic nitrogens is 1. The van der Waals surface area contributed by atoms with Gasteiger partial charge in [0.1, 0.15) is 5.82 Å². The molecule has 0 aliphatic carbocycles. The van der Waals surface area contributed by atoms with E-state index in [1.165, 1.54) is 18.2 Å². The van der Waals surface area contributed by atoms with Crippen molar-refractivity contribution in [2.24, 2.45) is 0 Å². The molecule has 0 saturated carbocycles. The summed E-state index contributed by atoms with van der Waals surface area (Å²) in [6.45, 7) is 0. The van der Waals surface area contributed by atoms with E-state index in [1.807, 2.05) is 0 Å². The highest BCUT2D eigenvalue weighted by Crippen LogP contribution is 2.38. The van der Waals surface area contributed by atoms with Crippen LogP contribution in [0.4, 0.5) is 17.6 Å².